The first-order valence-electron chi connectivity index (χ1n) is 8.75. The third-order valence-electron chi connectivity index (χ3n) is 4.59. The largest absolute Gasteiger partial charge is 0.345 e. The van der Waals surface area contributed by atoms with Crippen LogP contribution in [-0.2, 0) is 10.0 Å². The highest BCUT2D eigenvalue weighted by Crippen LogP contribution is 2.32. The Balaban J connectivity index is 1.47. The maximum Gasteiger partial charge on any atom is 0.243 e. The Hall–Kier alpha value is -1.71. The summed E-state index contributed by atoms with van der Waals surface area (Å²) in [6, 6.07) is 10.4. The van der Waals surface area contributed by atoms with Crippen molar-refractivity contribution in [2.45, 2.75) is 4.90 Å². The van der Waals surface area contributed by atoms with Crippen LogP contribution >= 0.6 is 34.5 Å². The van der Waals surface area contributed by atoms with Crippen LogP contribution in [0.1, 0.15) is 0 Å². The molecule has 0 aliphatic carbocycles. The number of anilines is 1. The van der Waals surface area contributed by atoms with Crippen molar-refractivity contribution in [2.24, 2.45) is 0 Å². The van der Waals surface area contributed by atoms with Crippen LogP contribution in [0.15, 0.2) is 52.7 Å². The molecule has 0 spiro atoms. The van der Waals surface area contributed by atoms with Gasteiger partial charge in [-0.1, -0.05) is 29.3 Å². The summed E-state index contributed by atoms with van der Waals surface area (Å²) >= 11 is 13.6. The average molecular weight is 472 g/mol. The molecule has 2 heterocycles. The molecule has 0 radical (unpaired) electrons. The van der Waals surface area contributed by atoms with E-state index in [1.807, 2.05) is 10.3 Å². The zero-order valence-corrected chi connectivity index (χ0v) is 18.2. The summed E-state index contributed by atoms with van der Waals surface area (Å²) in [5.74, 6) is -0.568. The molecule has 2 aromatic carbocycles. The Kier molecular flexibility index (Phi) is 5.81. The van der Waals surface area contributed by atoms with Crippen molar-refractivity contribution in [1.29, 1.82) is 0 Å². The Morgan fingerprint density at radius 2 is 1.69 bits per heavy atom. The Morgan fingerprint density at radius 1 is 1.00 bits per heavy atom. The molecule has 1 aliphatic rings. The van der Waals surface area contributed by atoms with Gasteiger partial charge in [-0.2, -0.15) is 4.31 Å². The number of aromatic nitrogens is 1. The molecular weight excluding hydrogens is 456 g/mol. The van der Waals surface area contributed by atoms with Gasteiger partial charge in [0.15, 0.2) is 5.13 Å². The second-order valence-electron chi connectivity index (χ2n) is 6.52. The van der Waals surface area contributed by atoms with E-state index in [0.717, 1.165) is 22.5 Å². The summed E-state index contributed by atoms with van der Waals surface area (Å²) in [7, 11) is -3.72. The number of piperazine rings is 1. The smallest absolute Gasteiger partial charge is 0.243 e. The van der Waals surface area contributed by atoms with E-state index < -0.39 is 15.8 Å². The predicted molar refractivity (Wildman–Crippen MR) is 115 cm³/mol. The molecule has 5 nitrogen and oxygen atoms in total. The van der Waals surface area contributed by atoms with Crippen molar-refractivity contribution in [3.63, 3.8) is 0 Å². The van der Waals surface area contributed by atoms with E-state index in [4.69, 9.17) is 23.2 Å². The zero-order chi connectivity index (χ0) is 20.6. The minimum atomic E-state index is -3.72. The standard InChI is InChI=1S/C19H16Cl2FN3O2S2/c20-14-8-13(9-15(21)10-14)18-12-28-19(23-18)24-4-6-25(7-5-24)29(26,27)17-3-1-2-16(22)11-17/h1-3,8-12H,4-7H2. The van der Waals surface area contributed by atoms with Crippen molar-refractivity contribution >= 4 is 49.7 Å². The number of rotatable bonds is 4. The average Bonchev–Trinajstić information content (AvgIpc) is 3.18. The molecule has 152 valence electrons. The van der Waals surface area contributed by atoms with Crippen LogP contribution in [-0.4, -0.2) is 43.9 Å². The molecule has 4 rings (SSSR count). The SMILES string of the molecule is O=S(=O)(c1cccc(F)c1)N1CCN(c2nc(-c3cc(Cl)cc(Cl)c3)cs2)CC1. The minimum absolute atomic E-state index is 0.0275. The molecule has 0 amide bonds. The summed E-state index contributed by atoms with van der Waals surface area (Å²) in [5, 5.41) is 3.81. The monoisotopic (exact) mass is 471 g/mol. The van der Waals surface area contributed by atoms with Gasteiger partial charge in [-0.15, -0.1) is 11.3 Å². The van der Waals surface area contributed by atoms with E-state index in [9.17, 15) is 12.8 Å². The maximum absolute atomic E-state index is 13.4. The summed E-state index contributed by atoms with van der Waals surface area (Å²) < 4.78 is 40.3. The second kappa shape index (κ2) is 8.20. The van der Waals surface area contributed by atoms with E-state index in [-0.39, 0.29) is 4.90 Å². The summed E-state index contributed by atoms with van der Waals surface area (Å²) in [6.07, 6.45) is 0. The molecule has 0 bridgehead atoms. The second-order valence-corrected chi connectivity index (χ2v) is 10.2. The highest BCUT2D eigenvalue weighted by Gasteiger charge is 2.29. The summed E-state index contributed by atoms with van der Waals surface area (Å²) in [4.78, 5) is 6.67. The van der Waals surface area contributed by atoms with E-state index in [1.165, 1.54) is 33.8 Å². The first kappa shape index (κ1) is 20.6. The lowest BCUT2D eigenvalue weighted by molar-refractivity contribution is 0.384. The number of sulfonamides is 1. The number of thiazole rings is 1. The van der Waals surface area contributed by atoms with Gasteiger partial charge < -0.3 is 4.90 Å². The van der Waals surface area contributed by atoms with Crippen LogP contribution in [0.4, 0.5) is 9.52 Å². The first-order valence-corrected chi connectivity index (χ1v) is 11.8. The Morgan fingerprint density at radius 3 is 2.34 bits per heavy atom. The summed E-state index contributed by atoms with van der Waals surface area (Å²) in [6.45, 7) is 1.60. The minimum Gasteiger partial charge on any atom is -0.345 e. The lowest BCUT2D eigenvalue weighted by atomic mass is 10.2. The fraction of sp³-hybridized carbons (Fsp3) is 0.211. The van der Waals surface area contributed by atoms with Crippen molar-refractivity contribution < 1.29 is 12.8 Å². The lowest BCUT2D eigenvalue weighted by Gasteiger charge is -2.33. The van der Waals surface area contributed by atoms with E-state index in [0.29, 0.717) is 36.2 Å². The van der Waals surface area contributed by atoms with Gasteiger partial charge in [-0.3, -0.25) is 0 Å². The van der Waals surface area contributed by atoms with E-state index in [2.05, 4.69) is 4.98 Å². The van der Waals surface area contributed by atoms with Gasteiger partial charge in [0.1, 0.15) is 5.82 Å². The van der Waals surface area contributed by atoms with Crippen LogP contribution in [0.5, 0.6) is 0 Å². The van der Waals surface area contributed by atoms with Gasteiger partial charge in [0.05, 0.1) is 10.6 Å². The molecular formula is C19H16Cl2FN3O2S2. The van der Waals surface area contributed by atoms with Crippen LogP contribution in [0, 0.1) is 5.82 Å². The van der Waals surface area contributed by atoms with Crippen molar-refractivity contribution in [3.8, 4) is 11.3 Å². The fourth-order valence-electron chi connectivity index (χ4n) is 3.14. The zero-order valence-electron chi connectivity index (χ0n) is 15.1. The number of hydrogen-bond donors (Lipinski definition) is 0. The van der Waals surface area contributed by atoms with Crippen LogP contribution in [0.3, 0.4) is 0 Å². The van der Waals surface area contributed by atoms with E-state index in [1.54, 1.807) is 18.2 Å². The fourth-order valence-corrected chi connectivity index (χ4v) is 6.01. The van der Waals surface area contributed by atoms with Crippen molar-refractivity contribution in [3.05, 3.63) is 63.7 Å². The predicted octanol–water partition coefficient (Wildman–Crippen LogP) is 4.77. The number of benzene rings is 2. The highest BCUT2D eigenvalue weighted by atomic mass is 35.5. The quantitative estimate of drug-likeness (QED) is 0.549. The number of nitrogens with zero attached hydrogens (tertiary/aromatic N) is 3. The van der Waals surface area contributed by atoms with Crippen LogP contribution < -0.4 is 4.90 Å². The molecule has 1 fully saturated rings. The van der Waals surface area contributed by atoms with Gasteiger partial charge in [0.25, 0.3) is 0 Å². The van der Waals surface area contributed by atoms with Gasteiger partial charge in [-0.05, 0) is 36.4 Å². The van der Waals surface area contributed by atoms with Crippen molar-refractivity contribution in [1.82, 2.24) is 9.29 Å². The molecule has 1 saturated heterocycles. The van der Waals surface area contributed by atoms with Gasteiger partial charge in [0, 0.05) is 47.2 Å². The first-order chi connectivity index (χ1) is 13.8. The number of hydrogen-bond acceptors (Lipinski definition) is 5. The molecule has 1 aromatic heterocycles. The van der Waals surface area contributed by atoms with Crippen LogP contribution in [0.2, 0.25) is 10.0 Å². The van der Waals surface area contributed by atoms with Crippen LogP contribution in [0.25, 0.3) is 11.3 Å². The molecule has 0 atom stereocenters. The highest BCUT2D eigenvalue weighted by molar-refractivity contribution is 7.89. The lowest BCUT2D eigenvalue weighted by Crippen LogP contribution is -2.48. The molecule has 29 heavy (non-hydrogen) atoms. The molecule has 0 unspecified atom stereocenters. The van der Waals surface area contributed by atoms with Gasteiger partial charge in [-0.25, -0.2) is 17.8 Å². The molecule has 3 aromatic rings. The molecule has 10 heteroatoms. The molecule has 0 N–H and O–H groups in total. The Bertz CT molecular complexity index is 1130. The van der Waals surface area contributed by atoms with E-state index >= 15 is 0 Å². The van der Waals surface area contributed by atoms with Crippen molar-refractivity contribution in [2.75, 3.05) is 31.1 Å². The maximum atomic E-state index is 13.4. The topological polar surface area (TPSA) is 53.5 Å². The normalized spacial score (nSPS) is 15.6. The third-order valence-corrected chi connectivity index (χ3v) is 7.83. The molecule has 1 aliphatic heterocycles. The van der Waals surface area contributed by atoms with Gasteiger partial charge in [0.2, 0.25) is 10.0 Å². The molecule has 0 saturated carbocycles. The van der Waals surface area contributed by atoms with Gasteiger partial charge >= 0.3 is 0 Å². The Labute approximate surface area is 182 Å². The third kappa shape index (κ3) is 4.41. The summed E-state index contributed by atoms with van der Waals surface area (Å²) in [5.41, 5.74) is 1.60. The number of halogens is 3.